The number of benzene rings is 1. The zero-order valence-corrected chi connectivity index (χ0v) is 13.1. The molecule has 1 aliphatic heterocycles. The number of nitrogens with zero attached hydrogens (tertiary/aromatic N) is 1. The summed E-state index contributed by atoms with van der Waals surface area (Å²) in [6.07, 6.45) is 0.863. The Kier molecular flexibility index (Phi) is 6.17. The molecule has 1 amide bonds. The third kappa shape index (κ3) is 5.10. The van der Waals surface area contributed by atoms with E-state index in [0.29, 0.717) is 26.2 Å². The van der Waals surface area contributed by atoms with Crippen LogP contribution >= 0.6 is 0 Å². The van der Waals surface area contributed by atoms with Gasteiger partial charge in [-0.25, -0.2) is 9.59 Å². The second-order valence-electron chi connectivity index (χ2n) is 5.32. The van der Waals surface area contributed by atoms with Crippen LogP contribution in [0.5, 0.6) is 0 Å². The van der Waals surface area contributed by atoms with E-state index >= 15 is 0 Å². The lowest BCUT2D eigenvalue weighted by Gasteiger charge is -2.20. The van der Waals surface area contributed by atoms with Gasteiger partial charge in [0.15, 0.2) is 0 Å². The van der Waals surface area contributed by atoms with Crippen molar-refractivity contribution in [1.29, 1.82) is 0 Å². The summed E-state index contributed by atoms with van der Waals surface area (Å²) in [7, 11) is 0. The summed E-state index contributed by atoms with van der Waals surface area (Å²) in [6, 6.07) is 9.41. The van der Waals surface area contributed by atoms with Crippen LogP contribution in [0.15, 0.2) is 42.0 Å². The fraction of sp³-hybridized carbons (Fsp3) is 0.412. The zero-order chi connectivity index (χ0) is 16.7. The van der Waals surface area contributed by atoms with Gasteiger partial charge in [0, 0.05) is 12.6 Å². The molecule has 0 saturated carbocycles. The van der Waals surface area contributed by atoms with Gasteiger partial charge in [0.2, 0.25) is 0 Å². The maximum absolute atomic E-state index is 11.5. The van der Waals surface area contributed by atoms with Gasteiger partial charge in [-0.1, -0.05) is 30.3 Å². The average molecular weight is 319 g/mol. The molecule has 1 aromatic rings. The molecule has 0 bridgehead atoms. The molecule has 1 N–H and O–H groups in total. The largest absolute Gasteiger partial charge is 0.465 e. The molecular formula is C17H21NO5. The van der Waals surface area contributed by atoms with E-state index in [0.717, 1.165) is 11.1 Å². The highest BCUT2D eigenvalue weighted by molar-refractivity contribution is 5.83. The van der Waals surface area contributed by atoms with Gasteiger partial charge in [0.05, 0.1) is 25.9 Å². The summed E-state index contributed by atoms with van der Waals surface area (Å²) in [5.41, 5.74) is 1.79. The van der Waals surface area contributed by atoms with Gasteiger partial charge in [-0.2, -0.15) is 0 Å². The van der Waals surface area contributed by atoms with Crippen molar-refractivity contribution in [1.82, 2.24) is 4.90 Å². The van der Waals surface area contributed by atoms with Gasteiger partial charge in [0.1, 0.15) is 0 Å². The summed E-state index contributed by atoms with van der Waals surface area (Å²) >= 11 is 0. The lowest BCUT2D eigenvalue weighted by molar-refractivity contribution is -0.137. The molecule has 1 aliphatic rings. The molecule has 0 unspecified atom stereocenters. The van der Waals surface area contributed by atoms with E-state index in [-0.39, 0.29) is 12.6 Å². The molecule has 0 spiro atoms. The molecule has 1 aromatic carbocycles. The predicted octanol–water partition coefficient (Wildman–Crippen LogP) is 2.45. The lowest BCUT2D eigenvalue weighted by atomic mass is 10.1. The van der Waals surface area contributed by atoms with Crippen molar-refractivity contribution >= 4 is 12.1 Å². The van der Waals surface area contributed by atoms with Crippen molar-refractivity contribution in [2.24, 2.45) is 0 Å². The summed E-state index contributed by atoms with van der Waals surface area (Å²) < 4.78 is 10.5. The number of hydrogen-bond donors (Lipinski definition) is 1. The Hall–Kier alpha value is -2.34. The van der Waals surface area contributed by atoms with E-state index in [2.05, 4.69) is 0 Å². The van der Waals surface area contributed by atoms with E-state index in [4.69, 9.17) is 9.47 Å². The maximum Gasteiger partial charge on any atom is 0.407 e. The molecule has 2 rings (SSSR count). The van der Waals surface area contributed by atoms with E-state index in [1.165, 1.54) is 11.0 Å². The monoisotopic (exact) mass is 319 g/mol. The number of esters is 1. The fourth-order valence-corrected chi connectivity index (χ4v) is 2.54. The van der Waals surface area contributed by atoms with Crippen molar-refractivity contribution in [2.45, 2.75) is 26.0 Å². The third-order valence-corrected chi connectivity index (χ3v) is 3.59. The molecule has 1 fully saturated rings. The Morgan fingerprint density at radius 2 is 2.09 bits per heavy atom. The summed E-state index contributed by atoms with van der Waals surface area (Å²) in [6.45, 7) is 2.97. The minimum absolute atomic E-state index is 0.216. The van der Waals surface area contributed by atoms with E-state index in [1.54, 1.807) is 6.92 Å². The standard InChI is InChI=1S/C17H21NO5/c1-2-23-16(19)9-14-8-15(18(10-14)17(20)21)12-22-11-13-6-4-3-5-7-13/h3-7,9,15H,2,8,10-12H2,1H3,(H,20,21)/t15-/m0/s1. The van der Waals surface area contributed by atoms with Gasteiger partial charge in [-0.05, 0) is 24.5 Å². The maximum atomic E-state index is 11.5. The van der Waals surface area contributed by atoms with Crippen LogP contribution in [-0.2, 0) is 20.9 Å². The Balaban J connectivity index is 1.91. The smallest absolute Gasteiger partial charge is 0.407 e. The average Bonchev–Trinajstić information content (AvgIpc) is 2.91. The summed E-state index contributed by atoms with van der Waals surface area (Å²) in [4.78, 5) is 24.1. The van der Waals surface area contributed by atoms with Crippen LogP contribution in [0.2, 0.25) is 0 Å². The molecule has 6 nitrogen and oxygen atoms in total. The Morgan fingerprint density at radius 1 is 1.35 bits per heavy atom. The first-order valence-corrected chi connectivity index (χ1v) is 7.57. The van der Waals surface area contributed by atoms with Crippen molar-refractivity contribution in [3.05, 3.63) is 47.5 Å². The molecule has 23 heavy (non-hydrogen) atoms. The first-order valence-electron chi connectivity index (χ1n) is 7.57. The highest BCUT2D eigenvalue weighted by atomic mass is 16.5. The SMILES string of the molecule is CCOC(=O)C=C1C[C@@H](COCc2ccccc2)N(C(=O)O)C1. The van der Waals surface area contributed by atoms with Crippen LogP contribution in [-0.4, -0.2) is 47.9 Å². The van der Waals surface area contributed by atoms with Crippen molar-refractivity contribution in [3.63, 3.8) is 0 Å². The topological polar surface area (TPSA) is 76.1 Å². The minimum atomic E-state index is -1.01. The van der Waals surface area contributed by atoms with Gasteiger partial charge >= 0.3 is 12.1 Å². The Labute approximate surface area is 135 Å². The van der Waals surface area contributed by atoms with Crippen LogP contribution in [0.25, 0.3) is 0 Å². The second kappa shape index (κ2) is 8.33. The van der Waals surface area contributed by atoms with Crippen LogP contribution < -0.4 is 0 Å². The van der Waals surface area contributed by atoms with Gasteiger partial charge in [-0.15, -0.1) is 0 Å². The molecule has 0 radical (unpaired) electrons. The van der Waals surface area contributed by atoms with Crippen LogP contribution in [0.1, 0.15) is 18.9 Å². The number of hydrogen-bond acceptors (Lipinski definition) is 4. The van der Waals surface area contributed by atoms with Gasteiger partial charge < -0.3 is 14.6 Å². The molecule has 1 saturated heterocycles. The quantitative estimate of drug-likeness (QED) is 0.644. The number of ether oxygens (including phenoxy) is 2. The molecule has 0 aromatic heterocycles. The van der Waals surface area contributed by atoms with E-state index in [9.17, 15) is 14.7 Å². The minimum Gasteiger partial charge on any atom is -0.465 e. The highest BCUT2D eigenvalue weighted by Crippen LogP contribution is 2.23. The number of amides is 1. The van der Waals surface area contributed by atoms with Crippen molar-refractivity contribution < 1.29 is 24.2 Å². The van der Waals surface area contributed by atoms with E-state index in [1.807, 2.05) is 30.3 Å². The number of carbonyl (C=O) groups is 2. The summed E-state index contributed by atoms with van der Waals surface area (Å²) in [5.74, 6) is -0.432. The van der Waals surface area contributed by atoms with Gasteiger partial charge in [-0.3, -0.25) is 4.90 Å². The highest BCUT2D eigenvalue weighted by Gasteiger charge is 2.32. The first kappa shape index (κ1) is 17.0. The number of carbonyl (C=O) groups excluding carboxylic acids is 1. The molecule has 6 heteroatoms. The number of rotatable bonds is 6. The summed E-state index contributed by atoms with van der Waals surface area (Å²) in [5, 5.41) is 9.28. The fourth-order valence-electron chi connectivity index (χ4n) is 2.54. The van der Waals surface area contributed by atoms with Crippen molar-refractivity contribution in [2.75, 3.05) is 19.8 Å². The molecule has 0 aliphatic carbocycles. The predicted molar refractivity (Wildman–Crippen MR) is 83.9 cm³/mol. The molecule has 1 atom stereocenters. The van der Waals surface area contributed by atoms with Crippen LogP contribution in [0.3, 0.4) is 0 Å². The van der Waals surface area contributed by atoms with Gasteiger partial charge in [0.25, 0.3) is 0 Å². The zero-order valence-electron chi connectivity index (χ0n) is 13.1. The van der Waals surface area contributed by atoms with Crippen LogP contribution in [0.4, 0.5) is 4.79 Å². The third-order valence-electron chi connectivity index (χ3n) is 3.59. The van der Waals surface area contributed by atoms with Crippen molar-refractivity contribution in [3.8, 4) is 0 Å². The van der Waals surface area contributed by atoms with E-state index < -0.39 is 12.1 Å². The molecule has 1 heterocycles. The number of carboxylic acid groups (broad SMARTS) is 1. The molecule has 124 valence electrons. The lowest BCUT2D eigenvalue weighted by Crippen LogP contribution is -2.37. The molecular weight excluding hydrogens is 298 g/mol. The number of likely N-dealkylation sites (tertiary alicyclic amines) is 1. The van der Waals surface area contributed by atoms with Crippen LogP contribution in [0, 0.1) is 0 Å². The first-order chi connectivity index (χ1) is 11.1. The second-order valence-corrected chi connectivity index (χ2v) is 5.32. The normalized spacial score (nSPS) is 19.1. The Bertz CT molecular complexity index is 570. The Morgan fingerprint density at radius 3 is 2.74 bits per heavy atom.